The second-order valence-corrected chi connectivity index (χ2v) is 8.47. The van der Waals surface area contributed by atoms with Crippen molar-refractivity contribution >= 4 is 5.96 Å². The number of likely N-dealkylation sites (tertiary alicyclic amines) is 1. The molecule has 1 fully saturated rings. The second kappa shape index (κ2) is 11.5. The minimum absolute atomic E-state index is 0.412. The molecule has 0 radical (unpaired) electrons. The van der Waals surface area contributed by atoms with E-state index in [9.17, 15) is 0 Å². The van der Waals surface area contributed by atoms with Crippen molar-refractivity contribution in [1.29, 1.82) is 0 Å². The molecule has 172 valence electrons. The van der Waals surface area contributed by atoms with E-state index in [0.29, 0.717) is 12.6 Å². The van der Waals surface area contributed by atoms with E-state index < -0.39 is 0 Å². The number of hydrogen-bond donors (Lipinski definition) is 2. The fraction of sp³-hybridized carbons (Fsp3) is 0.333. The fourth-order valence-electron chi connectivity index (χ4n) is 4.08. The Balaban J connectivity index is 1.27. The van der Waals surface area contributed by atoms with Gasteiger partial charge in [0.1, 0.15) is 11.5 Å². The highest BCUT2D eigenvalue weighted by atomic mass is 16.5. The predicted octanol–water partition coefficient (Wildman–Crippen LogP) is 4.51. The van der Waals surface area contributed by atoms with Crippen LogP contribution in [0.15, 0.2) is 77.9 Å². The van der Waals surface area contributed by atoms with Crippen molar-refractivity contribution in [1.82, 2.24) is 20.5 Å². The maximum atomic E-state index is 6.16. The lowest BCUT2D eigenvalue weighted by molar-refractivity contribution is 0.196. The Labute approximate surface area is 196 Å². The summed E-state index contributed by atoms with van der Waals surface area (Å²) in [4.78, 5) is 11.4. The zero-order valence-electron chi connectivity index (χ0n) is 19.5. The molecular weight excluding hydrogens is 410 g/mol. The van der Waals surface area contributed by atoms with E-state index in [4.69, 9.17) is 4.74 Å². The summed E-state index contributed by atoms with van der Waals surface area (Å²) in [5, 5.41) is 7.05. The third kappa shape index (κ3) is 6.80. The molecule has 0 atom stereocenters. The average Bonchev–Trinajstić information content (AvgIpc) is 2.84. The number of para-hydroxylation sites is 1. The number of hydrogen-bond acceptors (Lipinski definition) is 4. The number of rotatable bonds is 7. The first-order chi connectivity index (χ1) is 16.2. The molecule has 1 aliphatic heterocycles. The van der Waals surface area contributed by atoms with E-state index in [1.165, 1.54) is 5.56 Å². The van der Waals surface area contributed by atoms with Gasteiger partial charge >= 0.3 is 0 Å². The Morgan fingerprint density at radius 1 is 1.06 bits per heavy atom. The SMILES string of the molecule is CN=C(NCc1ccccc1Oc1cccc(C)c1)NC1CCN(Cc2ccccn2)CC1. The van der Waals surface area contributed by atoms with Crippen LogP contribution >= 0.6 is 0 Å². The molecule has 3 aromatic rings. The van der Waals surface area contributed by atoms with E-state index in [0.717, 1.165) is 61.2 Å². The van der Waals surface area contributed by atoms with Gasteiger partial charge in [-0.25, -0.2) is 0 Å². The van der Waals surface area contributed by atoms with Crippen molar-refractivity contribution < 1.29 is 4.74 Å². The molecule has 2 heterocycles. The third-order valence-electron chi connectivity index (χ3n) is 5.90. The van der Waals surface area contributed by atoms with Crippen LogP contribution in [0, 0.1) is 6.92 Å². The number of aryl methyl sites for hydroxylation is 1. The molecule has 33 heavy (non-hydrogen) atoms. The average molecular weight is 444 g/mol. The first-order valence-electron chi connectivity index (χ1n) is 11.6. The fourth-order valence-corrected chi connectivity index (χ4v) is 4.08. The number of ether oxygens (including phenoxy) is 1. The summed E-state index contributed by atoms with van der Waals surface area (Å²) in [6.07, 6.45) is 4.03. The number of benzene rings is 2. The highest BCUT2D eigenvalue weighted by molar-refractivity contribution is 5.80. The Bertz CT molecular complexity index is 1050. The lowest BCUT2D eigenvalue weighted by atomic mass is 10.0. The zero-order valence-corrected chi connectivity index (χ0v) is 19.5. The van der Waals surface area contributed by atoms with Gasteiger partial charge in [-0.05, 0) is 55.7 Å². The van der Waals surface area contributed by atoms with Gasteiger partial charge < -0.3 is 15.4 Å². The summed E-state index contributed by atoms with van der Waals surface area (Å²) in [5.74, 6) is 2.53. The zero-order chi connectivity index (χ0) is 22.9. The quantitative estimate of drug-likeness (QED) is 0.416. The smallest absolute Gasteiger partial charge is 0.191 e. The van der Waals surface area contributed by atoms with Gasteiger partial charge in [0.15, 0.2) is 5.96 Å². The van der Waals surface area contributed by atoms with Gasteiger partial charge in [-0.1, -0.05) is 36.4 Å². The first-order valence-corrected chi connectivity index (χ1v) is 11.6. The Morgan fingerprint density at radius 3 is 2.64 bits per heavy atom. The summed E-state index contributed by atoms with van der Waals surface area (Å²) < 4.78 is 6.16. The minimum atomic E-state index is 0.412. The first kappa shape index (κ1) is 22.8. The van der Waals surface area contributed by atoms with Crippen LogP contribution in [-0.4, -0.2) is 42.0 Å². The molecule has 0 saturated carbocycles. The number of aliphatic imine (C=N–C) groups is 1. The Hall–Kier alpha value is -3.38. The van der Waals surface area contributed by atoms with E-state index in [-0.39, 0.29) is 0 Å². The van der Waals surface area contributed by atoms with Crippen molar-refractivity contribution in [3.8, 4) is 11.5 Å². The molecule has 0 spiro atoms. The normalized spacial score (nSPS) is 15.3. The molecule has 1 aromatic heterocycles. The van der Waals surface area contributed by atoms with Crippen LogP contribution in [0.2, 0.25) is 0 Å². The van der Waals surface area contributed by atoms with Crippen LogP contribution in [0.3, 0.4) is 0 Å². The molecule has 2 aromatic carbocycles. The van der Waals surface area contributed by atoms with E-state index in [2.05, 4.69) is 56.7 Å². The molecule has 0 unspecified atom stereocenters. The highest BCUT2D eigenvalue weighted by Crippen LogP contribution is 2.25. The third-order valence-corrected chi connectivity index (χ3v) is 5.90. The Kier molecular flexibility index (Phi) is 7.93. The molecule has 2 N–H and O–H groups in total. The molecule has 6 nitrogen and oxygen atoms in total. The van der Waals surface area contributed by atoms with Crippen LogP contribution < -0.4 is 15.4 Å². The summed E-state index contributed by atoms with van der Waals surface area (Å²) in [6, 6.07) is 22.8. The molecular formula is C27H33N5O. The van der Waals surface area contributed by atoms with Crippen LogP contribution in [0.1, 0.15) is 29.7 Å². The van der Waals surface area contributed by atoms with Gasteiger partial charge in [-0.15, -0.1) is 0 Å². The van der Waals surface area contributed by atoms with Crippen LogP contribution in [0.25, 0.3) is 0 Å². The van der Waals surface area contributed by atoms with Gasteiger partial charge in [0, 0.05) is 51.0 Å². The van der Waals surface area contributed by atoms with Crippen LogP contribution in [-0.2, 0) is 13.1 Å². The van der Waals surface area contributed by atoms with Gasteiger partial charge in [-0.2, -0.15) is 0 Å². The second-order valence-electron chi connectivity index (χ2n) is 8.47. The summed E-state index contributed by atoms with van der Waals surface area (Å²) in [6.45, 7) is 5.73. The standard InChI is InChI=1S/C27H33N5O/c1-21-8-7-11-25(18-21)33-26-12-4-3-9-22(26)19-30-27(28-2)31-23-13-16-32(17-14-23)20-24-10-5-6-15-29-24/h3-12,15,18,23H,13-14,16-17,19-20H2,1-2H3,(H2,28,30,31). The van der Waals surface area contributed by atoms with Crippen molar-refractivity contribution in [2.45, 2.75) is 38.9 Å². The van der Waals surface area contributed by atoms with Crippen molar-refractivity contribution in [3.63, 3.8) is 0 Å². The van der Waals surface area contributed by atoms with Crippen molar-refractivity contribution in [2.24, 2.45) is 4.99 Å². The molecule has 0 aliphatic carbocycles. The number of pyridine rings is 1. The van der Waals surface area contributed by atoms with Crippen LogP contribution in [0.5, 0.6) is 11.5 Å². The number of nitrogens with one attached hydrogen (secondary N) is 2. The van der Waals surface area contributed by atoms with Crippen molar-refractivity contribution in [3.05, 3.63) is 89.7 Å². The monoisotopic (exact) mass is 443 g/mol. The maximum absolute atomic E-state index is 6.16. The lowest BCUT2D eigenvalue weighted by Gasteiger charge is -2.32. The molecule has 1 saturated heterocycles. The van der Waals surface area contributed by atoms with Crippen molar-refractivity contribution in [2.75, 3.05) is 20.1 Å². The summed E-state index contributed by atoms with van der Waals surface area (Å²) in [5.41, 5.74) is 3.40. The topological polar surface area (TPSA) is 61.8 Å². The van der Waals surface area contributed by atoms with Gasteiger partial charge in [0.05, 0.1) is 5.69 Å². The highest BCUT2D eigenvalue weighted by Gasteiger charge is 2.20. The molecule has 0 bridgehead atoms. The lowest BCUT2D eigenvalue weighted by Crippen LogP contribution is -2.48. The summed E-state index contributed by atoms with van der Waals surface area (Å²) >= 11 is 0. The number of nitrogens with zero attached hydrogens (tertiary/aromatic N) is 3. The van der Waals surface area contributed by atoms with Gasteiger partial charge in [0.2, 0.25) is 0 Å². The molecule has 0 amide bonds. The number of piperidine rings is 1. The number of guanidine groups is 1. The molecule has 4 rings (SSSR count). The van der Waals surface area contributed by atoms with E-state index in [1.807, 2.05) is 55.7 Å². The minimum Gasteiger partial charge on any atom is -0.457 e. The predicted molar refractivity (Wildman–Crippen MR) is 134 cm³/mol. The van der Waals surface area contributed by atoms with Gasteiger partial charge in [-0.3, -0.25) is 14.9 Å². The van der Waals surface area contributed by atoms with E-state index in [1.54, 1.807) is 0 Å². The maximum Gasteiger partial charge on any atom is 0.191 e. The summed E-state index contributed by atoms with van der Waals surface area (Å²) in [7, 11) is 1.82. The molecule has 6 heteroatoms. The molecule has 1 aliphatic rings. The largest absolute Gasteiger partial charge is 0.457 e. The Morgan fingerprint density at radius 2 is 1.88 bits per heavy atom. The van der Waals surface area contributed by atoms with Gasteiger partial charge in [0.25, 0.3) is 0 Å². The van der Waals surface area contributed by atoms with Crippen LogP contribution in [0.4, 0.5) is 0 Å². The number of aromatic nitrogens is 1. The van der Waals surface area contributed by atoms with E-state index >= 15 is 0 Å².